The molecule has 0 aliphatic rings. The first kappa shape index (κ1) is 15.0. The summed E-state index contributed by atoms with van der Waals surface area (Å²) in [6.07, 6.45) is 1.53. The Morgan fingerprint density at radius 3 is 2.87 bits per heavy atom. The number of hydrogen-bond donors (Lipinski definition) is 2. The van der Waals surface area contributed by atoms with Crippen molar-refractivity contribution in [3.05, 3.63) is 47.4 Å². The van der Waals surface area contributed by atoms with E-state index in [0.29, 0.717) is 5.65 Å². The molecule has 0 bridgehead atoms. The Hall–Kier alpha value is -2.96. The highest BCUT2D eigenvalue weighted by atomic mass is 16.1. The second-order valence-corrected chi connectivity index (χ2v) is 5.45. The Labute approximate surface area is 133 Å². The van der Waals surface area contributed by atoms with E-state index in [-0.39, 0.29) is 12.5 Å². The molecular formula is C16H18N6O. The predicted molar refractivity (Wildman–Crippen MR) is 88.6 cm³/mol. The number of aromatic nitrogens is 4. The lowest BCUT2D eigenvalue weighted by atomic mass is 10.1. The molecule has 1 aromatic carbocycles. The number of anilines is 2. The molecule has 0 radical (unpaired) electrons. The van der Waals surface area contributed by atoms with Gasteiger partial charge >= 0.3 is 0 Å². The molecule has 23 heavy (non-hydrogen) atoms. The molecule has 1 amide bonds. The van der Waals surface area contributed by atoms with Crippen molar-refractivity contribution in [2.24, 2.45) is 0 Å². The number of amides is 1. The third-order valence-electron chi connectivity index (χ3n) is 3.71. The first-order chi connectivity index (χ1) is 11.0. The van der Waals surface area contributed by atoms with Crippen molar-refractivity contribution in [2.75, 3.05) is 17.2 Å². The average Bonchev–Trinajstić information content (AvgIpc) is 2.97. The van der Waals surface area contributed by atoms with E-state index >= 15 is 0 Å². The van der Waals surface area contributed by atoms with Crippen LogP contribution in [0.2, 0.25) is 0 Å². The third-order valence-corrected chi connectivity index (χ3v) is 3.71. The topological polar surface area (TPSA) is 84.2 Å². The van der Waals surface area contributed by atoms with Crippen LogP contribution in [0.4, 0.5) is 11.4 Å². The van der Waals surface area contributed by atoms with Gasteiger partial charge in [0.1, 0.15) is 6.33 Å². The highest BCUT2D eigenvalue weighted by molar-refractivity contribution is 5.95. The Bertz CT molecular complexity index is 870. The summed E-state index contributed by atoms with van der Waals surface area (Å²) in [6.45, 7) is 6.02. The Kier molecular flexibility index (Phi) is 3.92. The number of carbonyl (C=O) groups excluding carboxylic acids is 1. The minimum atomic E-state index is -0.120. The molecule has 0 aliphatic carbocycles. The maximum atomic E-state index is 12.2. The second-order valence-electron chi connectivity index (χ2n) is 5.45. The van der Waals surface area contributed by atoms with Crippen LogP contribution in [-0.4, -0.2) is 32.3 Å². The zero-order valence-electron chi connectivity index (χ0n) is 13.3. The van der Waals surface area contributed by atoms with Gasteiger partial charge in [0, 0.05) is 5.69 Å². The van der Waals surface area contributed by atoms with Crippen LogP contribution in [0.1, 0.15) is 16.8 Å². The highest BCUT2D eigenvalue weighted by Gasteiger charge is 2.09. The Morgan fingerprint density at radius 1 is 1.22 bits per heavy atom. The molecule has 0 fully saturated rings. The molecule has 2 aromatic heterocycles. The van der Waals surface area contributed by atoms with Gasteiger partial charge in [0.2, 0.25) is 11.6 Å². The van der Waals surface area contributed by atoms with Gasteiger partial charge in [-0.1, -0.05) is 12.1 Å². The molecule has 0 saturated heterocycles. The van der Waals surface area contributed by atoms with Gasteiger partial charge in [-0.05, 0) is 44.0 Å². The van der Waals surface area contributed by atoms with Crippen molar-refractivity contribution < 1.29 is 4.79 Å². The maximum absolute atomic E-state index is 12.2. The van der Waals surface area contributed by atoms with Gasteiger partial charge in [0.15, 0.2) is 0 Å². The number of nitrogens with one attached hydrogen (secondary N) is 2. The number of rotatable bonds is 4. The first-order valence-corrected chi connectivity index (χ1v) is 7.32. The van der Waals surface area contributed by atoms with E-state index in [1.165, 1.54) is 6.33 Å². The van der Waals surface area contributed by atoms with Gasteiger partial charge in [0.05, 0.1) is 17.9 Å². The van der Waals surface area contributed by atoms with Crippen molar-refractivity contribution in [3.8, 4) is 0 Å². The molecule has 7 heteroatoms. The summed E-state index contributed by atoms with van der Waals surface area (Å²) in [5.41, 5.74) is 5.18. The summed E-state index contributed by atoms with van der Waals surface area (Å²) < 4.78 is 1.58. The molecule has 0 aliphatic heterocycles. The van der Waals surface area contributed by atoms with Crippen LogP contribution in [0.15, 0.2) is 30.6 Å². The van der Waals surface area contributed by atoms with Gasteiger partial charge in [0.25, 0.3) is 0 Å². The van der Waals surface area contributed by atoms with E-state index < -0.39 is 0 Å². The first-order valence-electron chi connectivity index (χ1n) is 7.32. The van der Waals surface area contributed by atoms with Gasteiger partial charge in [-0.25, -0.2) is 0 Å². The van der Waals surface area contributed by atoms with Crippen molar-refractivity contribution in [2.45, 2.75) is 20.8 Å². The third kappa shape index (κ3) is 3.13. The number of nitrogens with zero attached hydrogens (tertiary/aromatic N) is 4. The minimum Gasteiger partial charge on any atom is -0.373 e. The van der Waals surface area contributed by atoms with Gasteiger partial charge in [-0.2, -0.15) is 9.61 Å². The molecule has 118 valence electrons. The number of benzene rings is 1. The fraction of sp³-hybridized carbons (Fsp3) is 0.250. The second kappa shape index (κ2) is 6.04. The monoisotopic (exact) mass is 310 g/mol. The lowest BCUT2D eigenvalue weighted by molar-refractivity contribution is -0.114. The average molecular weight is 310 g/mol. The molecule has 2 N–H and O–H groups in total. The molecule has 3 aromatic rings. The van der Waals surface area contributed by atoms with Crippen molar-refractivity contribution in [1.29, 1.82) is 0 Å². The maximum Gasteiger partial charge on any atom is 0.243 e. The molecule has 2 heterocycles. The minimum absolute atomic E-state index is 0.120. The molecule has 0 unspecified atom stereocenters. The number of fused-ring (bicyclic) bond motifs is 1. The predicted octanol–water partition coefficient (Wildman–Crippen LogP) is 2.10. The standard InChI is InChI=1S/C16H18N6O/c1-10-5-4-6-13(12(10)3)19-15(23)8-17-14-7-11(2)21-22-9-18-20-16(14)22/h4-7,9,17H,8H2,1-3H3,(H,19,23). The molecule has 0 spiro atoms. The van der Waals surface area contributed by atoms with Gasteiger partial charge in [-0.15, -0.1) is 10.2 Å². The summed E-state index contributed by atoms with van der Waals surface area (Å²) in [5.74, 6) is -0.120. The van der Waals surface area contributed by atoms with Crippen LogP contribution >= 0.6 is 0 Å². The van der Waals surface area contributed by atoms with E-state index in [9.17, 15) is 4.79 Å². The summed E-state index contributed by atoms with van der Waals surface area (Å²) in [4.78, 5) is 12.2. The van der Waals surface area contributed by atoms with E-state index in [1.807, 2.05) is 45.0 Å². The van der Waals surface area contributed by atoms with E-state index in [4.69, 9.17) is 0 Å². The molecule has 0 saturated carbocycles. The highest BCUT2D eigenvalue weighted by Crippen LogP contribution is 2.18. The quantitative estimate of drug-likeness (QED) is 0.771. The molecule has 0 atom stereocenters. The lowest BCUT2D eigenvalue weighted by Gasteiger charge is -2.11. The zero-order chi connectivity index (χ0) is 16.4. The van der Waals surface area contributed by atoms with Crippen LogP contribution in [0.25, 0.3) is 5.65 Å². The number of hydrogen-bond acceptors (Lipinski definition) is 5. The van der Waals surface area contributed by atoms with Crippen molar-refractivity contribution in [1.82, 2.24) is 19.8 Å². The van der Waals surface area contributed by atoms with Crippen LogP contribution in [0, 0.1) is 20.8 Å². The fourth-order valence-electron chi connectivity index (χ4n) is 2.34. The van der Waals surface area contributed by atoms with Gasteiger partial charge < -0.3 is 10.6 Å². The van der Waals surface area contributed by atoms with Crippen LogP contribution in [-0.2, 0) is 4.79 Å². The smallest absolute Gasteiger partial charge is 0.243 e. The summed E-state index contributed by atoms with van der Waals surface area (Å²) >= 11 is 0. The van der Waals surface area contributed by atoms with E-state index in [1.54, 1.807) is 4.52 Å². The van der Waals surface area contributed by atoms with Gasteiger partial charge in [-0.3, -0.25) is 4.79 Å². The number of aryl methyl sites for hydroxylation is 2. The normalized spacial score (nSPS) is 10.7. The largest absolute Gasteiger partial charge is 0.373 e. The summed E-state index contributed by atoms with van der Waals surface area (Å²) in [7, 11) is 0. The van der Waals surface area contributed by atoms with E-state index in [2.05, 4.69) is 25.9 Å². The lowest BCUT2D eigenvalue weighted by Crippen LogP contribution is -2.22. The molecule has 3 rings (SSSR count). The Balaban J connectivity index is 1.71. The fourth-order valence-corrected chi connectivity index (χ4v) is 2.34. The molecule has 7 nitrogen and oxygen atoms in total. The van der Waals surface area contributed by atoms with Crippen LogP contribution in [0.3, 0.4) is 0 Å². The molecular weight excluding hydrogens is 292 g/mol. The number of carbonyl (C=O) groups is 1. The summed E-state index contributed by atoms with van der Waals surface area (Å²) in [6, 6.07) is 7.69. The van der Waals surface area contributed by atoms with Crippen molar-refractivity contribution in [3.63, 3.8) is 0 Å². The van der Waals surface area contributed by atoms with E-state index in [0.717, 1.165) is 28.2 Å². The summed E-state index contributed by atoms with van der Waals surface area (Å²) in [5, 5.41) is 18.1. The SMILES string of the molecule is Cc1cc(NCC(=O)Nc2cccc(C)c2C)c2nncn2n1. The van der Waals surface area contributed by atoms with Crippen molar-refractivity contribution >= 4 is 22.9 Å². The Morgan fingerprint density at radius 2 is 2.04 bits per heavy atom. The zero-order valence-corrected chi connectivity index (χ0v) is 13.3. The van der Waals surface area contributed by atoms with Crippen LogP contribution in [0.5, 0.6) is 0 Å². The van der Waals surface area contributed by atoms with Crippen LogP contribution < -0.4 is 10.6 Å².